The zero-order valence-electron chi connectivity index (χ0n) is 15.1. The summed E-state index contributed by atoms with van der Waals surface area (Å²) < 4.78 is 1.26. The molecule has 2 aliphatic heterocycles. The van der Waals surface area contributed by atoms with E-state index in [0.717, 1.165) is 39.0 Å². The number of halogens is 1. The fourth-order valence-electron chi connectivity index (χ4n) is 4.24. The van der Waals surface area contributed by atoms with E-state index in [-0.39, 0.29) is 42.4 Å². The highest BCUT2D eigenvalue weighted by molar-refractivity contribution is 5.85. The van der Waals surface area contributed by atoms with Crippen LogP contribution >= 0.6 is 12.4 Å². The van der Waals surface area contributed by atoms with Gasteiger partial charge in [-0.05, 0) is 49.9 Å². The lowest BCUT2D eigenvalue weighted by molar-refractivity contribution is -0.131. The number of nitrogens with zero attached hydrogens (tertiary/aromatic N) is 2. The number of hydrogen-bond donors (Lipinski definition) is 2. The van der Waals surface area contributed by atoms with Gasteiger partial charge in [0.2, 0.25) is 5.91 Å². The van der Waals surface area contributed by atoms with Gasteiger partial charge in [-0.25, -0.2) is 4.68 Å². The van der Waals surface area contributed by atoms with Crippen molar-refractivity contribution < 1.29 is 4.79 Å². The molecule has 2 N–H and O–H groups in total. The van der Waals surface area contributed by atoms with Gasteiger partial charge in [0.1, 0.15) is 0 Å². The molecule has 0 radical (unpaired) electrons. The molecule has 2 fully saturated rings. The quantitative estimate of drug-likeness (QED) is 0.814. The number of rotatable bonds is 3. The maximum Gasteiger partial charge on any atom is 0.273 e. The molecule has 2 saturated heterocycles. The lowest BCUT2D eigenvalue weighted by atomic mass is 9.92. The van der Waals surface area contributed by atoms with Gasteiger partial charge in [0.25, 0.3) is 11.1 Å². The predicted molar refractivity (Wildman–Crippen MR) is 106 cm³/mol. The second-order valence-corrected chi connectivity index (χ2v) is 7.33. The predicted octanol–water partition coefficient (Wildman–Crippen LogP) is 0.960. The van der Waals surface area contributed by atoms with Crippen LogP contribution in [-0.4, -0.2) is 46.8 Å². The standard InChI is InChI=1S/C19H24N4O3.ClH/c24-17(22-8-5-13-11-20-12-14(13)6-9-22)7-10-23-19(26)16-4-2-1-3-15(16)18(25)21-23;/h1-4,13-14,20H,5-12H2,(H,21,25);1H/t13-,14+;. The van der Waals surface area contributed by atoms with Crippen LogP contribution in [0.5, 0.6) is 0 Å². The minimum atomic E-state index is -0.303. The number of aromatic amines is 1. The van der Waals surface area contributed by atoms with Gasteiger partial charge in [0, 0.05) is 19.5 Å². The van der Waals surface area contributed by atoms with E-state index in [2.05, 4.69) is 10.4 Å². The van der Waals surface area contributed by atoms with Gasteiger partial charge in [-0.15, -0.1) is 12.4 Å². The molecule has 0 saturated carbocycles. The molecule has 1 amide bonds. The van der Waals surface area contributed by atoms with Crippen LogP contribution in [0.1, 0.15) is 19.3 Å². The maximum atomic E-state index is 12.6. The summed E-state index contributed by atoms with van der Waals surface area (Å²) in [7, 11) is 0. The third-order valence-electron chi connectivity index (χ3n) is 5.81. The van der Waals surface area contributed by atoms with E-state index >= 15 is 0 Å². The second-order valence-electron chi connectivity index (χ2n) is 7.33. The van der Waals surface area contributed by atoms with Crippen molar-refractivity contribution in [1.29, 1.82) is 0 Å². The number of fused-ring (bicyclic) bond motifs is 2. The van der Waals surface area contributed by atoms with Crippen LogP contribution in [-0.2, 0) is 11.3 Å². The Morgan fingerprint density at radius 3 is 2.33 bits per heavy atom. The molecule has 8 heteroatoms. The zero-order valence-corrected chi connectivity index (χ0v) is 16.0. The maximum absolute atomic E-state index is 12.6. The fraction of sp³-hybridized carbons (Fsp3) is 0.526. The normalized spacial score (nSPS) is 22.1. The molecule has 0 spiro atoms. The van der Waals surface area contributed by atoms with Gasteiger partial charge in [-0.3, -0.25) is 19.5 Å². The van der Waals surface area contributed by atoms with Gasteiger partial charge < -0.3 is 10.2 Å². The first-order valence-electron chi connectivity index (χ1n) is 9.34. The van der Waals surface area contributed by atoms with E-state index in [1.54, 1.807) is 24.3 Å². The fourth-order valence-corrected chi connectivity index (χ4v) is 4.24. The van der Waals surface area contributed by atoms with Gasteiger partial charge in [0.15, 0.2) is 0 Å². The lowest BCUT2D eigenvalue weighted by Crippen LogP contribution is -2.35. The largest absolute Gasteiger partial charge is 0.343 e. The van der Waals surface area contributed by atoms with E-state index in [9.17, 15) is 14.4 Å². The summed E-state index contributed by atoms with van der Waals surface area (Å²) in [5.74, 6) is 1.40. The van der Waals surface area contributed by atoms with E-state index in [1.165, 1.54) is 4.68 Å². The molecule has 2 atom stereocenters. The molecule has 3 heterocycles. The molecule has 0 bridgehead atoms. The number of carbonyl (C=O) groups excluding carboxylic acids is 1. The van der Waals surface area contributed by atoms with Crippen molar-refractivity contribution in [3.63, 3.8) is 0 Å². The van der Waals surface area contributed by atoms with Crippen LogP contribution in [0.4, 0.5) is 0 Å². The Bertz CT molecular complexity index is 924. The van der Waals surface area contributed by atoms with Crippen LogP contribution in [0.3, 0.4) is 0 Å². The Labute approximate surface area is 163 Å². The number of likely N-dealkylation sites (tertiary alicyclic amines) is 1. The van der Waals surface area contributed by atoms with Crippen molar-refractivity contribution in [2.45, 2.75) is 25.8 Å². The molecule has 2 aliphatic rings. The van der Waals surface area contributed by atoms with Gasteiger partial charge in [-0.1, -0.05) is 12.1 Å². The molecule has 27 heavy (non-hydrogen) atoms. The molecule has 146 valence electrons. The monoisotopic (exact) mass is 392 g/mol. The van der Waals surface area contributed by atoms with Crippen LogP contribution < -0.4 is 16.4 Å². The highest BCUT2D eigenvalue weighted by Gasteiger charge is 2.31. The third kappa shape index (κ3) is 3.94. The Morgan fingerprint density at radius 1 is 1.04 bits per heavy atom. The van der Waals surface area contributed by atoms with Crippen LogP contribution in [0.2, 0.25) is 0 Å². The minimum Gasteiger partial charge on any atom is -0.343 e. The zero-order chi connectivity index (χ0) is 18.1. The summed E-state index contributed by atoms with van der Waals surface area (Å²) in [6.45, 7) is 3.87. The van der Waals surface area contributed by atoms with E-state index in [0.29, 0.717) is 22.6 Å². The van der Waals surface area contributed by atoms with Gasteiger partial charge >= 0.3 is 0 Å². The van der Waals surface area contributed by atoms with Crippen molar-refractivity contribution in [2.24, 2.45) is 11.8 Å². The third-order valence-corrected chi connectivity index (χ3v) is 5.81. The highest BCUT2D eigenvalue weighted by atomic mass is 35.5. The number of benzene rings is 1. The summed E-state index contributed by atoms with van der Waals surface area (Å²) in [6.07, 6.45) is 2.30. The van der Waals surface area contributed by atoms with Crippen molar-refractivity contribution in [2.75, 3.05) is 26.2 Å². The van der Waals surface area contributed by atoms with Gasteiger partial charge in [0.05, 0.1) is 17.3 Å². The molecule has 0 aliphatic carbocycles. The van der Waals surface area contributed by atoms with Crippen molar-refractivity contribution in [3.05, 3.63) is 45.0 Å². The molecular weight excluding hydrogens is 368 g/mol. The topological polar surface area (TPSA) is 87.2 Å². The molecule has 1 aromatic carbocycles. The van der Waals surface area contributed by atoms with Crippen LogP contribution in [0.25, 0.3) is 10.8 Å². The molecule has 0 unspecified atom stereocenters. The number of H-pyrrole nitrogens is 1. The lowest BCUT2D eigenvalue weighted by Gasteiger charge is -2.21. The first-order chi connectivity index (χ1) is 12.6. The summed E-state index contributed by atoms with van der Waals surface area (Å²) in [5.41, 5.74) is -0.563. The average molecular weight is 393 g/mol. The number of amides is 1. The summed E-state index contributed by atoms with van der Waals surface area (Å²) in [4.78, 5) is 39.2. The highest BCUT2D eigenvalue weighted by Crippen LogP contribution is 2.27. The molecule has 4 rings (SSSR count). The number of aromatic nitrogens is 2. The van der Waals surface area contributed by atoms with E-state index in [1.807, 2.05) is 4.90 Å². The molecule has 1 aromatic heterocycles. The first-order valence-corrected chi connectivity index (χ1v) is 9.34. The molecular formula is C19H25ClN4O3. The van der Waals surface area contributed by atoms with Gasteiger partial charge in [-0.2, -0.15) is 0 Å². The van der Waals surface area contributed by atoms with Crippen LogP contribution in [0.15, 0.2) is 33.9 Å². The van der Waals surface area contributed by atoms with Crippen molar-refractivity contribution >= 4 is 29.1 Å². The summed E-state index contributed by atoms with van der Waals surface area (Å²) >= 11 is 0. The van der Waals surface area contributed by atoms with Crippen molar-refractivity contribution in [1.82, 2.24) is 20.0 Å². The second kappa shape index (κ2) is 8.27. The number of nitrogens with one attached hydrogen (secondary N) is 2. The Kier molecular flexibility index (Phi) is 6.01. The average Bonchev–Trinajstić information content (AvgIpc) is 3.01. The smallest absolute Gasteiger partial charge is 0.273 e. The van der Waals surface area contributed by atoms with Crippen LogP contribution in [0, 0.1) is 11.8 Å². The first kappa shape index (κ1) is 19.6. The minimum absolute atomic E-state index is 0. The number of carbonyl (C=O) groups is 1. The molecule has 7 nitrogen and oxygen atoms in total. The number of hydrogen-bond acceptors (Lipinski definition) is 4. The Morgan fingerprint density at radius 2 is 1.67 bits per heavy atom. The SMILES string of the molecule is Cl.O=C(CCn1[nH]c(=O)c2ccccc2c1=O)N1CC[C@@H]2CNC[C@@H]2CC1. The van der Waals surface area contributed by atoms with Crippen molar-refractivity contribution in [3.8, 4) is 0 Å². The van der Waals surface area contributed by atoms with E-state index < -0.39 is 0 Å². The Balaban J connectivity index is 0.00000210. The van der Waals surface area contributed by atoms with E-state index in [4.69, 9.17) is 0 Å². The summed E-state index contributed by atoms with van der Waals surface area (Å²) in [6, 6.07) is 6.75. The summed E-state index contributed by atoms with van der Waals surface area (Å²) in [5, 5.41) is 6.79. The molecule has 2 aromatic rings. The Hall–Kier alpha value is -2.12. The number of aryl methyl sites for hydroxylation is 1.